The Bertz CT molecular complexity index is 440. The van der Waals surface area contributed by atoms with E-state index in [0.29, 0.717) is 11.7 Å². The average Bonchev–Trinajstić information content (AvgIpc) is 2.73. The van der Waals surface area contributed by atoms with Gasteiger partial charge in [-0.15, -0.1) is 0 Å². The van der Waals surface area contributed by atoms with E-state index in [-0.39, 0.29) is 11.9 Å². The first-order valence-electron chi connectivity index (χ1n) is 6.60. The van der Waals surface area contributed by atoms with Crippen molar-refractivity contribution in [2.75, 3.05) is 13.1 Å². The summed E-state index contributed by atoms with van der Waals surface area (Å²) in [5, 5.41) is 7.73. The molecule has 0 aliphatic carbocycles. The number of amides is 1. The molecule has 0 aromatic carbocycles. The number of nitrogens with one attached hydrogen (secondary N) is 1. The quantitative estimate of drug-likeness (QED) is 0.845. The van der Waals surface area contributed by atoms with Gasteiger partial charge in [-0.05, 0) is 26.3 Å². The minimum absolute atomic E-state index is 0.0885. The Kier molecular flexibility index (Phi) is 3.71. The lowest BCUT2D eigenvalue weighted by molar-refractivity contribution is 0.0605. The first-order valence-corrected chi connectivity index (χ1v) is 6.60. The maximum atomic E-state index is 12.5. The summed E-state index contributed by atoms with van der Waals surface area (Å²) in [6.45, 7) is 7.84. The second-order valence-corrected chi connectivity index (χ2v) is 5.11. The molecule has 0 saturated carbocycles. The van der Waals surface area contributed by atoms with Gasteiger partial charge in [0.05, 0.1) is 5.69 Å². The summed E-state index contributed by atoms with van der Waals surface area (Å²) in [6, 6.07) is 2.49. The van der Waals surface area contributed by atoms with Crippen LogP contribution in [0.1, 0.15) is 37.0 Å². The molecular weight excluding hydrogens is 228 g/mol. The second kappa shape index (κ2) is 5.10. The Morgan fingerprint density at radius 1 is 1.56 bits per heavy atom. The highest BCUT2D eigenvalue weighted by molar-refractivity contribution is 5.93. The average molecular weight is 250 g/mol. The molecule has 1 saturated heterocycles. The molecule has 100 valence electrons. The van der Waals surface area contributed by atoms with Gasteiger partial charge < -0.3 is 10.2 Å². The molecule has 1 aromatic rings. The lowest BCUT2D eigenvalue weighted by Gasteiger charge is -2.37. The van der Waals surface area contributed by atoms with E-state index in [1.54, 1.807) is 4.68 Å². The summed E-state index contributed by atoms with van der Waals surface area (Å²) < 4.78 is 1.70. The highest BCUT2D eigenvalue weighted by Gasteiger charge is 2.29. The summed E-state index contributed by atoms with van der Waals surface area (Å²) >= 11 is 0. The van der Waals surface area contributed by atoms with Gasteiger partial charge in [0.2, 0.25) is 0 Å². The van der Waals surface area contributed by atoms with Crippen LogP contribution in [-0.2, 0) is 13.5 Å². The lowest BCUT2D eigenvalue weighted by Crippen LogP contribution is -2.56. The van der Waals surface area contributed by atoms with Gasteiger partial charge in [-0.3, -0.25) is 9.48 Å². The van der Waals surface area contributed by atoms with Crippen molar-refractivity contribution in [3.63, 3.8) is 0 Å². The van der Waals surface area contributed by atoms with E-state index >= 15 is 0 Å². The molecule has 1 aliphatic rings. The van der Waals surface area contributed by atoms with Crippen LogP contribution >= 0.6 is 0 Å². The van der Waals surface area contributed by atoms with Crippen molar-refractivity contribution in [3.8, 4) is 0 Å². The molecule has 1 fully saturated rings. The van der Waals surface area contributed by atoms with Crippen molar-refractivity contribution >= 4 is 5.91 Å². The Hall–Kier alpha value is -1.36. The zero-order chi connectivity index (χ0) is 13.3. The van der Waals surface area contributed by atoms with Crippen LogP contribution in [-0.4, -0.2) is 45.8 Å². The van der Waals surface area contributed by atoms with Crippen molar-refractivity contribution in [2.45, 2.75) is 39.3 Å². The van der Waals surface area contributed by atoms with Crippen molar-refractivity contribution in [2.24, 2.45) is 7.05 Å². The predicted molar refractivity (Wildman–Crippen MR) is 70.5 cm³/mol. The minimum Gasteiger partial charge on any atom is -0.332 e. The molecule has 5 nitrogen and oxygen atoms in total. The van der Waals surface area contributed by atoms with Gasteiger partial charge in [0.15, 0.2) is 0 Å². The first-order chi connectivity index (χ1) is 8.52. The van der Waals surface area contributed by atoms with Crippen LogP contribution in [0.15, 0.2) is 6.07 Å². The van der Waals surface area contributed by atoms with Crippen molar-refractivity contribution in [1.29, 1.82) is 0 Å². The summed E-state index contributed by atoms with van der Waals surface area (Å²) in [5.74, 6) is 0.0885. The van der Waals surface area contributed by atoms with Gasteiger partial charge in [-0.2, -0.15) is 5.10 Å². The fourth-order valence-electron chi connectivity index (χ4n) is 2.35. The highest BCUT2D eigenvalue weighted by Crippen LogP contribution is 2.13. The number of carbonyl (C=O) groups is 1. The molecule has 0 spiro atoms. The normalized spacial score (nSPS) is 24.3. The number of carbonyl (C=O) groups excluding carboxylic acids is 1. The summed E-state index contributed by atoms with van der Waals surface area (Å²) in [7, 11) is 1.84. The second-order valence-electron chi connectivity index (χ2n) is 5.11. The topological polar surface area (TPSA) is 50.2 Å². The molecule has 0 bridgehead atoms. The molecule has 18 heavy (non-hydrogen) atoms. The third-order valence-electron chi connectivity index (χ3n) is 3.54. The van der Waals surface area contributed by atoms with Crippen LogP contribution in [0.4, 0.5) is 0 Å². The van der Waals surface area contributed by atoms with Gasteiger partial charge >= 0.3 is 0 Å². The zero-order valence-corrected chi connectivity index (χ0v) is 11.6. The molecule has 1 amide bonds. The molecule has 1 N–H and O–H groups in total. The number of rotatable bonds is 2. The molecule has 2 rings (SSSR count). The predicted octanol–water partition coefficient (Wildman–Crippen LogP) is 0.805. The van der Waals surface area contributed by atoms with E-state index in [9.17, 15) is 4.79 Å². The van der Waals surface area contributed by atoms with Crippen LogP contribution in [0.5, 0.6) is 0 Å². The third kappa shape index (κ3) is 2.41. The molecule has 1 aromatic heterocycles. The van der Waals surface area contributed by atoms with Crippen molar-refractivity contribution in [1.82, 2.24) is 20.0 Å². The monoisotopic (exact) mass is 250 g/mol. The van der Waals surface area contributed by atoms with Gasteiger partial charge in [0, 0.05) is 32.2 Å². The molecule has 0 radical (unpaired) electrons. The van der Waals surface area contributed by atoms with Crippen LogP contribution in [0, 0.1) is 0 Å². The Morgan fingerprint density at radius 3 is 2.89 bits per heavy atom. The number of piperazine rings is 1. The van der Waals surface area contributed by atoms with E-state index in [2.05, 4.69) is 24.3 Å². The Balaban J connectivity index is 2.21. The standard InChI is InChI=1S/C13H22N4O/c1-5-11-6-12(16(4)15-11)13(18)17-8-9(2)14-7-10(17)3/h6,9-10,14H,5,7-8H2,1-4H3. The van der Waals surface area contributed by atoms with E-state index in [1.165, 1.54) is 0 Å². The highest BCUT2D eigenvalue weighted by atomic mass is 16.2. The number of hydrogen-bond donors (Lipinski definition) is 1. The largest absolute Gasteiger partial charge is 0.332 e. The third-order valence-corrected chi connectivity index (χ3v) is 3.54. The van der Waals surface area contributed by atoms with Crippen molar-refractivity contribution in [3.05, 3.63) is 17.5 Å². The molecule has 2 unspecified atom stereocenters. The number of hydrogen-bond acceptors (Lipinski definition) is 3. The SMILES string of the molecule is CCc1cc(C(=O)N2CC(C)NCC2C)n(C)n1. The summed E-state index contributed by atoms with van der Waals surface area (Å²) in [6.07, 6.45) is 0.856. The van der Waals surface area contributed by atoms with Crippen LogP contribution in [0.25, 0.3) is 0 Å². The maximum Gasteiger partial charge on any atom is 0.272 e. The van der Waals surface area contributed by atoms with Crippen molar-refractivity contribution < 1.29 is 4.79 Å². The Labute approximate surface area is 108 Å². The fourth-order valence-corrected chi connectivity index (χ4v) is 2.35. The lowest BCUT2D eigenvalue weighted by atomic mass is 10.1. The first kappa shape index (κ1) is 13.1. The van der Waals surface area contributed by atoms with Gasteiger partial charge in [-0.1, -0.05) is 6.92 Å². The van der Waals surface area contributed by atoms with E-state index in [0.717, 1.165) is 25.2 Å². The minimum atomic E-state index is 0.0885. The van der Waals surface area contributed by atoms with E-state index < -0.39 is 0 Å². The molecule has 5 heteroatoms. The van der Waals surface area contributed by atoms with E-state index in [1.807, 2.05) is 24.9 Å². The van der Waals surface area contributed by atoms with Gasteiger partial charge in [0.25, 0.3) is 5.91 Å². The summed E-state index contributed by atoms with van der Waals surface area (Å²) in [4.78, 5) is 14.5. The molecular formula is C13H22N4O. The Morgan fingerprint density at radius 2 is 2.28 bits per heavy atom. The van der Waals surface area contributed by atoms with Crippen LogP contribution < -0.4 is 5.32 Å². The summed E-state index contributed by atoms with van der Waals surface area (Å²) in [5.41, 5.74) is 1.66. The van der Waals surface area contributed by atoms with Crippen LogP contribution in [0.3, 0.4) is 0 Å². The number of nitrogens with zero attached hydrogens (tertiary/aromatic N) is 3. The smallest absolute Gasteiger partial charge is 0.272 e. The van der Waals surface area contributed by atoms with E-state index in [4.69, 9.17) is 0 Å². The maximum absolute atomic E-state index is 12.5. The van der Waals surface area contributed by atoms with Crippen LogP contribution in [0.2, 0.25) is 0 Å². The molecule has 1 aliphatic heterocycles. The zero-order valence-electron chi connectivity index (χ0n) is 11.6. The number of aromatic nitrogens is 2. The van der Waals surface area contributed by atoms with Gasteiger partial charge in [-0.25, -0.2) is 0 Å². The molecule has 2 heterocycles. The fraction of sp³-hybridized carbons (Fsp3) is 0.692. The molecule has 2 atom stereocenters. The van der Waals surface area contributed by atoms with Gasteiger partial charge in [0.1, 0.15) is 5.69 Å². The number of aryl methyl sites for hydroxylation is 2.